The maximum atomic E-state index is 12.8. The third kappa shape index (κ3) is 3.69. The van der Waals surface area contributed by atoms with Crippen LogP contribution in [0.15, 0.2) is 39.6 Å². The second-order valence-electron chi connectivity index (χ2n) is 6.59. The van der Waals surface area contributed by atoms with Gasteiger partial charge in [-0.1, -0.05) is 15.9 Å². The first-order chi connectivity index (χ1) is 14.0. The van der Waals surface area contributed by atoms with E-state index in [0.29, 0.717) is 16.3 Å². The molecular formula is C20H15BrN4O3S. The highest BCUT2D eigenvalue weighted by atomic mass is 79.9. The summed E-state index contributed by atoms with van der Waals surface area (Å²) >= 11 is 4.71. The lowest BCUT2D eigenvalue weighted by Crippen LogP contribution is -2.25. The summed E-state index contributed by atoms with van der Waals surface area (Å²) in [5.74, 6) is -1.19. The van der Waals surface area contributed by atoms with Gasteiger partial charge in [0.25, 0.3) is 11.5 Å². The summed E-state index contributed by atoms with van der Waals surface area (Å²) < 4.78 is 1.88. The second kappa shape index (κ2) is 7.81. The average molecular weight is 471 g/mol. The molecular weight excluding hydrogens is 456 g/mol. The predicted molar refractivity (Wildman–Crippen MR) is 113 cm³/mol. The summed E-state index contributed by atoms with van der Waals surface area (Å²) in [5.41, 5.74) is 1.07. The summed E-state index contributed by atoms with van der Waals surface area (Å²) in [4.78, 5) is 26.2. The maximum Gasteiger partial charge on any atom is 0.280 e. The molecule has 0 atom stereocenters. The third-order valence-electron chi connectivity index (χ3n) is 4.71. The van der Waals surface area contributed by atoms with E-state index in [4.69, 9.17) is 0 Å². The lowest BCUT2D eigenvalue weighted by atomic mass is 9.96. The number of nitrogens with zero attached hydrogens (tertiary/aromatic N) is 3. The highest BCUT2D eigenvalue weighted by Crippen LogP contribution is 2.37. The van der Waals surface area contributed by atoms with Crippen molar-refractivity contribution in [2.24, 2.45) is 0 Å². The number of anilines is 1. The molecule has 2 heterocycles. The minimum absolute atomic E-state index is 0.289. The average Bonchev–Trinajstić information content (AvgIpc) is 3.05. The molecule has 0 aliphatic heterocycles. The fourth-order valence-corrected chi connectivity index (χ4v) is 4.81. The van der Waals surface area contributed by atoms with Crippen LogP contribution >= 0.6 is 27.3 Å². The molecule has 9 heteroatoms. The molecule has 0 radical (unpaired) electrons. The molecule has 3 aromatic rings. The number of rotatable bonds is 3. The van der Waals surface area contributed by atoms with Crippen LogP contribution in [0, 0.1) is 11.3 Å². The Labute approximate surface area is 178 Å². The Morgan fingerprint density at radius 2 is 2.00 bits per heavy atom. The molecule has 0 fully saturated rings. The van der Waals surface area contributed by atoms with E-state index in [1.807, 2.05) is 0 Å². The molecule has 0 saturated heterocycles. The second-order valence-corrected chi connectivity index (χ2v) is 8.61. The van der Waals surface area contributed by atoms with Crippen LogP contribution in [0.2, 0.25) is 0 Å². The van der Waals surface area contributed by atoms with Crippen molar-refractivity contribution in [1.82, 2.24) is 9.78 Å². The van der Waals surface area contributed by atoms with Gasteiger partial charge < -0.3 is 10.4 Å². The molecule has 146 valence electrons. The number of amides is 1. The van der Waals surface area contributed by atoms with Crippen LogP contribution in [0.3, 0.4) is 0 Å². The lowest BCUT2D eigenvalue weighted by molar-refractivity contribution is 0.101. The van der Waals surface area contributed by atoms with Gasteiger partial charge in [-0.05, 0) is 55.5 Å². The molecule has 0 bridgehead atoms. The normalized spacial score (nSPS) is 12.8. The van der Waals surface area contributed by atoms with Crippen molar-refractivity contribution < 1.29 is 9.90 Å². The van der Waals surface area contributed by atoms with Gasteiger partial charge in [0.2, 0.25) is 0 Å². The topological polar surface area (TPSA) is 108 Å². The van der Waals surface area contributed by atoms with Crippen LogP contribution in [0.1, 0.15) is 39.3 Å². The van der Waals surface area contributed by atoms with Crippen LogP contribution in [-0.4, -0.2) is 20.8 Å². The van der Waals surface area contributed by atoms with Crippen LogP contribution in [0.25, 0.3) is 5.69 Å². The van der Waals surface area contributed by atoms with E-state index in [1.54, 1.807) is 24.3 Å². The Balaban J connectivity index is 1.70. The number of hydrogen-bond acceptors (Lipinski definition) is 6. The largest absolute Gasteiger partial charge is 0.505 e. The van der Waals surface area contributed by atoms with Crippen molar-refractivity contribution in [1.29, 1.82) is 5.26 Å². The number of benzene rings is 1. The number of nitriles is 1. The van der Waals surface area contributed by atoms with Crippen LogP contribution in [0.5, 0.6) is 5.75 Å². The third-order valence-corrected chi connectivity index (χ3v) is 6.44. The smallest absolute Gasteiger partial charge is 0.280 e. The SMILES string of the molecule is N#Cc1c(NC(=O)c2nn(-c3ccc(Br)cc3)c(=O)cc2O)sc2c1CCCC2. The molecule has 2 N–H and O–H groups in total. The monoisotopic (exact) mass is 470 g/mol. The van der Waals surface area contributed by atoms with E-state index in [9.17, 15) is 20.0 Å². The number of hydrogen-bond donors (Lipinski definition) is 2. The molecule has 1 aliphatic rings. The van der Waals surface area contributed by atoms with Gasteiger partial charge in [0, 0.05) is 15.4 Å². The first-order valence-corrected chi connectivity index (χ1v) is 10.5. The number of carbonyl (C=O) groups excluding carboxylic acids is 1. The number of thiophene rings is 1. The van der Waals surface area contributed by atoms with E-state index in [1.165, 1.54) is 11.3 Å². The number of aromatic hydroxyl groups is 1. The first kappa shape index (κ1) is 19.4. The van der Waals surface area contributed by atoms with Gasteiger partial charge in [0.1, 0.15) is 11.1 Å². The molecule has 0 unspecified atom stereocenters. The number of aromatic nitrogens is 2. The Morgan fingerprint density at radius 1 is 1.28 bits per heavy atom. The quantitative estimate of drug-likeness (QED) is 0.605. The summed E-state index contributed by atoms with van der Waals surface area (Å²) in [6.07, 6.45) is 3.80. The van der Waals surface area contributed by atoms with Crippen LogP contribution in [0.4, 0.5) is 5.00 Å². The van der Waals surface area contributed by atoms with E-state index in [2.05, 4.69) is 32.4 Å². The van der Waals surface area contributed by atoms with Gasteiger partial charge in [-0.2, -0.15) is 15.0 Å². The van der Waals surface area contributed by atoms with E-state index in [0.717, 1.165) is 51.3 Å². The molecule has 1 amide bonds. The standard InChI is InChI=1S/C20H15BrN4O3S/c21-11-5-7-12(8-6-11)25-17(27)9-15(26)18(24-25)19(28)23-20-14(10-22)13-3-1-2-4-16(13)29-20/h5-9,26H,1-4H2,(H,23,28). The van der Waals surface area contributed by atoms with E-state index < -0.39 is 17.2 Å². The van der Waals surface area contributed by atoms with Crippen LogP contribution < -0.4 is 10.9 Å². The first-order valence-electron chi connectivity index (χ1n) is 8.93. The highest BCUT2D eigenvalue weighted by Gasteiger charge is 2.24. The van der Waals surface area contributed by atoms with Crippen LogP contribution in [-0.2, 0) is 12.8 Å². The molecule has 4 rings (SSSR count). The van der Waals surface area contributed by atoms with Crippen molar-refractivity contribution in [2.45, 2.75) is 25.7 Å². The zero-order chi connectivity index (χ0) is 20.5. The van der Waals surface area contributed by atoms with Gasteiger partial charge in [-0.3, -0.25) is 9.59 Å². The van der Waals surface area contributed by atoms with Gasteiger partial charge in [0.05, 0.1) is 11.3 Å². The predicted octanol–water partition coefficient (Wildman–Crippen LogP) is 3.76. The van der Waals surface area contributed by atoms with Crippen molar-refractivity contribution in [3.63, 3.8) is 0 Å². The Morgan fingerprint density at radius 3 is 2.72 bits per heavy atom. The van der Waals surface area contributed by atoms with E-state index in [-0.39, 0.29) is 5.69 Å². The minimum atomic E-state index is -0.677. The Kier molecular flexibility index (Phi) is 5.22. The number of aryl methyl sites for hydroxylation is 1. The number of halogens is 1. The molecule has 1 aliphatic carbocycles. The van der Waals surface area contributed by atoms with Gasteiger partial charge in [-0.15, -0.1) is 11.3 Å². The van der Waals surface area contributed by atoms with Crippen molar-refractivity contribution in [3.05, 3.63) is 66.9 Å². The van der Waals surface area contributed by atoms with Gasteiger partial charge in [-0.25, -0.2) is 0 Å². The van der Waals surface area contributed by atoms with Crippen molar-refractivity contribution in [3.8, 4) is 17.5 Å². The summed E-state index contributed by atoms with van der Waals surface area (Å²) in [6.45, 7) is 0. The molecule has 29 heavy (non-hydrogen) atoms. The molecule has 0 spiro atoms. The fraction of sp³-hybridized carbons (Fsp3) is 0.200. The van der Waals surface area contributed by atoms with Gasteiger partial charge in [0.15, 0.2) is 11.4 Å². The molecule has 2 aromatic heterocycles. The summed E-state index contributed by atoms with van der Waals surface area (Å²) in [6, 6.07) is 9.95. The Bertz CT molecular complexity index is 1210. The number of nitrogens with one attached hydrogen (secondary N) is 1. The Hall–Kier alpha value is -2.96. The zero-order valence-corrected chi connectivity index (χ0v) is 17.5. The zero-order valence-electron chi connectivity index (χ0n) is 15.1. The molecule has 0 saturated carbocycles. The maximum absolute atomic E-state index is 12.8. The minimum Gasteiger partial charge on any atom is -0.505 e. The lowest BCUT2D eigenvalue weighted by Gasteiger charge is -2.10. The van der Waals surface area contributed by atoms with Gasteiger partial charge >= 0.3 is 0 Å². The van der Waals surface area contributed by atoms with Crippen molar-refractivity contribution >= 4 is 38.2 Å². The number of fused-ring (bicyclic) bond motifs is 1. The molecule has 1 aromatic carbocycles. The number of carbonyl (C=O) groups is 1. The highest BCUT2D eigenvalue weighted by molar-refractivity contribution is 9.10. The fourth-order valence-electron chi connectivity index (χ4n) is 3.31. The van der Waals surface area contributed by atoms with Crippen molar-refractivity contribution in [2.75, 3.05) is 5.32 Å². The summed E-state index contributed by atoms with van der Waals surface area (Å²) in [5, 5.41) is 26.9. The summed E-state index contributed by atoms with van der Waals surface area (Å²) in [7, 11) is 0. The molecule has 7 nitrogen and oxygen atoms in total. The van der Waals surface area contributed by atoms with E-state index >= 15 is 0 Å².